The van der Waals surface area contributed by atoms with E-state index in [-0.39, 0.29) is 59.3 Å². The number of nitrogens with zero attached hydrogens (tertiary/aromatic N) is 5. The Hall–Kier alpha value is -6.77. The molecule has 1 aliphatic heterocycles. The maximum atomic E-state index is 15.5. The second kappa shape index (κ2) is 15.8. The molecular formula is C50H38F2N6O4S2. The number of hydrogen-bond donors (Lipinski definition) is 1. The van der Waals surface area contributed by atoms with Crippen LogP contribution >= 0.6 is 22.7 Å². The van der Waals surface area contributed by atoms with Crippen LogP contribution in [0.1, 0.15) is 68.9 Å². The van der Waals surface area contributed by atoms with Gasteiger partial charge in [0.05, 0.1) is 23.9 Å². The standard InChI is InChI=1S/C50H38F2N6O4S2/c51-36-25-29(11-13-34(36)43-54-38-15-17-40(56-45(38)63-43)49(19-20-49)32-7-3-1-4-8-32)42(59)53-23-24-62-48(61)31-27-58(28-31)47(60)30-12-14-35(37(52)26-30)44-55-39-16-18-41(57-46(39)64-44)50(21-22-50)33-9-5-2-6-10-33/h1-18,25-26,31H,19-24,27-28H2,(H,53,59). The van der Waals surface area contributed by atoms with Crippen molar-refractivity contribution in [3.8, 4) is 21.1 Å². The third-order valence-electron chi connectivity index (χ3n) is 12.7. The van der Waals surface area contributed by atoms with Crippen molar-refractivity contribution in [3.05, 3.63) is 167 Å². The van der Waals surface area contributed by atoms with E-state index < -0.39 is 35.3 Å². The molecule has 10 nitrogen and oxygen atoms in total. The van der Waals surface area contributed by atoms with Crippen molar-refractivity contribution in [2.45, 2.75) is 36.5 Å². The first-order valence-corrected chi connectivity index (χ1v) is 22.8. The van der Waals surface area contributed by atoms with Gasteiger partial charge in [-0.15, -0.1) is 0 Å². The molecule has 0 bridgehead atoms. The molecular weight excluding hydrogens is 851 g/mol. The zero-order valence-corrected chi connectivity index (χ0v) is 35.9. The van der Waals surface area contributed by atoms with Crippen LogP contribution < -0.4 is 5.32 Å². The summed E-state index contributed by atoms with van der Waals surface area (Å²) in [6, 6.07) is 37.1. The molecule has 0 radical (unpaired) electrons. The van der Waals surface area contributed by atoms with Gasteiger partial charge in [-0.05, 0) is 97.5 Å². The van der Waals surface area contributed by atoms with E-state index in [1.54, 1.807) is 12.1 Å². The van der Waals surface area contributed by atoms with Gasteiger partial charge in [0.1, 0.15) is 49.0 Å². The molecule has 14 heteroatoms. The Morgan fingerprint density at radius 2 is 1.14 bits per heavy atom. The number of ether oxygens (including phenoxy) is 1. The number of rotatable bonds is 12. The fourth-order valence-corrected chi connectivity index (χ4v) is 10.6. The van der Waals surface area contributed by atoms with Crippen LogP contribution in [0.25, 0.3) is 41.8 Å². The molecule has 2 aliphatic carbocycles. The summed E-state index contributed by atoms with van der Waals surface area (Å²) in [6.07, 6.45) is 4.09. The van der Waals surface area contributed by atoms with Gasteiger partial charge < -0.3 is 15.0 Å². The van der Waals surface area contributed by atoms with Gasteiger partial charge in [0, 0.05) is 46.2 Å². The van der Waals surface area contributed by atoms with Crippen molar-refractivity contribution in [3.63, 3.8) is 0 Å². The molecule has 64 heavy (non-hydrogen) atoms. The van der Waals surface area contributed by atoms with Crippen LogP contribution in [0, 0.1) is 17.6 Å². The van der Waals surface area contributed by atoms with Crippen molar-refractivity contribution in [2.75, 3.05) is 26.2 Å². The summed E-state index contributed by atoms with van der Waals surface area (Å²) in [5.74, 6) is -3.14. The normalized spacial score (nSPS) is 16.1. The zero-order chi connectivity index (χ0) is 43.6. The number of pyridine rings is 2. The molecule has 3 aliphatic rings. The number of carbonyl (C=O) groups excluding carboxylic acids is 3. The number of aromatic nitrogens is 4. The summed E-state index contributed by atoms with van der Waals surface area (Å²) in [5.41, 5.74) is 6.47. The van der Waals surface area contributed by atoms with Crippen LogP contribution in [0.2, 0.25) is 0 Å². The highest BCUT2D eigenvalue weighted by Crippen LogP contribution is 2.54. The molecule has 2 amide bonds. The van der Waals surface area contributed by atoms with E-state index in [1.165, 1.54) is 63.0 Å². The lowest BCUT2D eigenvalue weighted by Crippen LogP contribution is -2.53. The summed E-state index contributed by atoms with van der Waals surface area (Å²) in [6.45, 7) is 0.141. The minimum Gasteiger partial charge on any atom is -0.463 e. The van der Waals surface area contributed by atoms with Gasteiger partial charge in [0.25, 0.3) is 11.8 Å². The lowest BCUT2D eigenvalue weighted by molar-refractivity contribution is -0.152. The number of nitrogens with one attached hydrogen (secondary N) is 1. The largest absolute Gasteiger partial charge is 0.463 e. The minimum atomic E-state index is -0.589. The van der Waals surface area contributed by atoms with Crippen LogP contribution in [0.5, 0.6) is 0 Å². The molecule has 11 rings (SSSR count). The second-order valence-corrected chi connectivity index (χ2v) is 18.7. The average molecular weight is 889 g/mol. The van der Waals surface area contributed by atoms with Gasteiger partial charge in [-0.1, -0.05) is 83.3 Å². The summed E-state index contributed by atoms with van der Waals surface area (Å²) in [4.78, 5) is 60.9. The molecule has 1 saturated heterocycles. The molecule has 8 aromatic rings. The predicted octanol–water partition coefficient (Wildman–Crippen LogP) is 9.51. The maximum Gasteiger partial charge on any atom is 0.312 e. The summed E-state index contributed by atoms with van der Waals surface area (Å²) in [7, 11) is 0. The lowest BCUT2D eigenvalue weighted by Gasteiger charge is -2.37. The minimum absolute atomic E-state index is 0.00558. The van der Waals surface area contributed by atoms with Crippen molar-refractivity contribution < 1.29 is 27.9 Å². The van der Waals surface area contributed by atoms with E-state index in [1.807, 2.05) is 60.7 Å². The molecule has 4 aromatic heterocycles. The van der Waals surface area contributed by atoms with Gasteiger partial charge in [-0.25, -0.2) is 28.7 Å². The van der Waals surface area contributed by atoms with Crippen molar-refractivity contribution >= 4 is 61.2 Å². The summed E-state index contributed by atoms with van der Waals surface area (Å²) in [5, 5.41) is 3.61. The number of halogens is 2. The second-order valence-electron chi connectivity index (χ2n) is 16.7. The molecule has 1 N–H and O–H groups in total. The van der Waals surface area contributed by atoms with Gasteiger partial charge in [0.15, 0.2) is 0 Å². The molecule has 3 fully saturated rings. The lowest BCUT2D eigenvalue weighted by atomic mass is 9.92. The number of carbonyl (C=O) groups is 3. The zero-order valence-electron chi connectivity index (χ0n) is 34.2. The summed E-state index contributed by atoms with van der Waals surface area (Å²) >= 11 is 2.63. The number of thiazole rings is 2. The number of likely N-dealkylation sites (tertiary alicyclic amines) is 1. The van der Waals surface area contributed by atoms with Gasteiger partial charge in [0.2, 0.25) is 0 Å². The van der Waals surface area contributed by atoms with E-state index >= 15 is 8.78 Å². The molecule has 2 saturated carbocycles. The predicted molar refractivity (Wildman–Crippen MR) is 241 cm³/mol. The molecule has 4 aromatic carbocycles. The van der Waals surface area contributed by atoms with Crippen LogP contribution in [-0.2, 0) is 20.4 Å². The number of benzene rings is 4. The fraction of sp³-hybridized carbons (Fsp3) is 0.220. The van der Waals surface area contributed by atoms with E-state index in [0.29, 0.717) is 21.0 Å². The first-order chi connectivity index (χ1) is 31.2. The van der Waals surface area contributed by atoms with Crippen molar-refractivity contribution in [1.29, 1.82) is 0 Å². The Morgan fingerprint density at radius 3 is 1.64 bits per heavy atom. The highest BCUT2D eigenvalue weighted by molar-refractivity contribution is 7.21. The average Bonchev–Trinajstić information content (AvgIpc) is 4.21. The van der Waals surface area contributed by atoms with Crippen LogP contribution in [0.15, 0.2) is 121 Å². The van der Waals surface area contributed by atoms with E-state index in [0.717, 1.165) is 46.7 Å². The van der Waals surface area contributed by atoms with Gasteiger partial charge in [-0.3, -0.25) is 14.4 Å². The number of hydrogen-bond acceptors (Lipinski definition) is 10. The van der Waals surface area contributed by atoms with E-state index in [4.69, 9.17) is 14.7 Å². The Bertz CT molecular complexity index is 3140. The molecule has 0 unspecified atom stereocenters. The van der Waals surface area contributed by atoms with Gasteiger partial charge in [-0.2, -0.15) is 0 Å². The first kappa shape index (κ1) is 40.0. The maximum absolute atomic E-state index is 15.5. The topological polar surface area (TPSA) is 127 Å². The van der Waals surface area contributed by atoms with Gasteiger partial charge >= 0.3 is 5.97 Å². The molecule has 0 spiro atoms. The highest BCUT2D eigenvalue weighted by atomic mass is 32.1. The van der Waals surface area contributed by atoms with Crippen LogP contribution in [0.4, 0.5) is 8.78 Å². The summed E-state index contributed by atoms with van der Waals surface area (Å²) < 4.78 is 36.3. The quantitative estimate of drug-likeness (QED) is 0.0950. The van der Waals surface area contributed by atoms with Crippen molar-refractivity contribution in [1.82, 2.24) is 30.2 Å². The van der Waals surface area contributed by atoms with E-state index in [9.17, 15) is 14.4 Å². The van der Waals surface area contributed by atoms with Crippen LogP contribution in [0.3, 0.4) is 0 Å². The highest BCUT2D eigenvalue weighted by Gasteiger charge is 2.48. The number of esters is 1. The molecule has 0 atom stereocenters. The third-order valence-corrected chi connectivity index (χ3v) is 14.7. The van der Waals surface area contributed by atoms with Crippen molar-refractivity contribution in [2.24, 2.45) is 5.92 Å². The monoisotopic (exact) mass is 888 g/mol. The van der Waals surface area contributed by atoms with Crippen LogP contribution in [-0.4, -0.2) is 68.9 Å². The first-order valence-electron chi connectivity index (χ1n) is 21.2. The number of fused-ring (bicyclic) bond motifs is 2. The Kier molecular flexibility index (Phi) is 9.88. The Morgan fingerprint density at radius 1 is 0.641 bits per heavy atom. The Labute approximate surface area is 374 Å². The molecule has 5 heterocycles. The third kappa shape index (κ3) is 7.20. The van der Waals surface area contributed by atoms with E-state index in [2.05, 4.69) is 39.6 Å². The molecule has 318 valence electrons. The SMILES string of the molecule is O=C(NCCOC(=O)C1CN(C(=O)c2ccc(-c3nc4ccc(C5(c6ccccc6)CC5)nc4s3)c(F)c2)C1)c1ccc(-c2nc3ccc(C4(c5ccccc5)CC4)nc3s2)c(F)c1. The number of amides is 2. The smallest absolute Gasteiger partial charge is 0.312 e. The fourth-order valence-electron chi connectivity index (χ4n) is 8.71. The Balaban J connectivity index is 0.654.